The van der Waals surface area contributed by atoms with Crippen LogP contribution in [0.25, 0.3) is 5.69 Å². The number of amides is 1. The van der Waals surface area contributed by atoms with Crippen molar-refractivity contribution in [3.8, 4) is 5.69 Å². The highest BCUT2D eigenvalue weighted by Gasteiger charge is 2.10. The molecule has 0 saturated carbocycles. The van der Waals surface area contributed by atoms with Crippen molar-refractivity contribution in [3.63, 3.8) is 0 Å². The van der Waals surface area contributed by atoms with Crippen molar-refractivity contribution in [2.24, 2.45) is 5.73 Å². The van der Waals surface area contributed by atoms with E-state index < -0.39 is 0 Å². The molecule has 6 nitrogen and oxygen atoms in total. The number of hydrogen-bond donors (Lipinski definition) is 2. The number of carbonyl (C=O) groups is 1. The van der Waals surface area contributed by atoms with Gasteiger partial charge in [0.15, 0.2) is 5.82 Å². The summed E-state index contributed by atoms with van der Waals surface area (Å²) in [4.78, 5) is 19.7. The van der Waals surface area contributed by atoms with E-state index in [0.717, 1.165) is 5.69 Å². The van der Waals surface area contributed by atoms with Gasteiger partial charge in [-0.1, -0.05) is 12.2 Å². The molecule has 0 aliphatic heterocycles. The lowest BCUT2D eigenvalue weighted by molar-refractivity contribution is 0.0958. The Morgan fingerprint density at radius 1 is 1.44 bits per heavy atom. The molecule has 7 heteroatoms. The van der Waals surface area contributed by atoms with Crippen LogP contribution in [0.15, 0.2) is 30.7 Å². The van der Waals surface area contributed by atoms with Crippen molar-refractivity contribution in [1.29, 1.82) is 0 Å². The average Bonchev–Trinajstić information content (AvgIpc) is 2.87. The van der Waals surface area contributed by atoms with E-state index in [4.69, 9.17) is 18.0 Å². The quantitative estimate of drug-likeness (QED) is 0.774. The minimum Gasteiger partial charge on any atom is -0.387 e. The number of rotatable bonds is 3. The average molecular weight is 261 g/mol. The van der Waals surface area contributed by atoms with Gasteiger partial charge in [0.05, 0.1) is 5.69 Å². The molecular formula is C11H11N5OS. The van der Waals surface area contributed by atoms with Gasteiger partial charge in [-0.2, -0.15) is 0 Å². The predicted molar refractivity (Wildman–Crippen MR) is 70.6 cm³/mol. The van der Waals surface area contributed by atoms with E-state index in [1.807, 2.05) is 0 Å². The van der Waals surface area contributed by atoms with E-state index in [9.17, 15) is 4.79 Å². The number of imidazole rings is 1. The molecular weight excluding hydrogens is 250 g/mol. The Kier molecular flexibility index (Phi) is 3.33. The predicted octanol–water partition coefficient (Wildman–Crippen LogP) is 0.261. The van der Waals surface area contributed by atoms with Crippen LogP contribution in [0.2, 0.25) is 0 Å². The summed E-state index contributed by atoms with van der Waals surface area (Å²) in [6, 6.07) is 3.39. The molecule has 0 aliphatic rings. The van der Waals surface area contributed by atoms with Gasteiger partial charge in [-0.25, -0.2) is 4.98 Å². The molecule has 0 unspecified atom stereocenters. The molecule has 0 bridgehead atoms. The van der Waals surface area contributed by atoms with Gasteiger partial charge in [-0.15, -0.1) is 0 Å². The molecule has 0 radical (unpaired) electrons. The second-order valence-corrected chi connectivity index (χ2v) is 3.90. The number of hydrogen-bond acceptors (Lipinski definition) is 4. The Morgan fingerprint density at radius 3 is 2.89 bits per heavy atom. The minimum absolute atomic E-state index is 0.193. The molecule has 0 saturated heterocycles. The maximum atomic E-state index is 11.5. The number of nitrogens with zero attached hydrogens (tertiary/aromatic N) is 3. The Balaban J connectivity index is 2.48. The molecule has 0 spiro atoms. The van der Waals surface area contributed by atoms with Crippen molar-refractivity contribution in [1.82, 2.24) is 19.9 Å². The number of aromatic nitrogens is 3. The molecule has 0 aromatic carbocycles. The highest BCUT2D eigenvalue weighted by atomic mass is 32.1. The van der Waals surface area contributed by atoms with Crippen molar-refractivity contribution >= 4 is 23.1 Å². The maximum Gasteiger partial charge on any atom is 0.269 e. The van der Waals surface area contributed by atoms with E-state index >= 15 is 0 Å². The van der Waals surface area contributed by atoms with E-state index in [2.05, 4.69) is 15.3 Å². The number of nitrogens with two attached hydrogens (primary N) is 1. The van der Waals surface area contributed by atoms with Crippen LogP contribution in [0, 0.1) is 0 Å². The van der Waals surface area contributed by atoms with Gasteiger partial charge in [0.1, 0.15) is 10.7 Å². The SMILES string of the molecule is CNC(=O)c1cc(-n2ccnc2C(N)=S)ccn1. The van der Waals surface area contributed by atoms with Crippen LogP contribution in [-0.4, -0.2) is 32.5 Å². The van der Waals surface area contributed by atoms with Crippen LogP contribution >= 0.6 is 12.2 Å². The first-order valence-corrected chi connectivity index (χ1v) is 5.56. The molecule has 0 fully saturated rings. The third-order valence-electron chi connectivity index (χ3n) is 2.34. The van der Waals surface area contributed by atoms with Crippen LogP contribution in [0.5, 0.6) is 0 Å². The normalized spacial score (nSPS) is 10.1. The van der Waals surface area contributed by atoms with Gasteiger partial charge >= 0.3 is 0 Å². The first-order valence-electron chi connectivity index (χ1n) is 5.15. The molecule has 2 rings (SSSR count). The van der Waals surface area contributed by atoms with Gasteiger partial charge in [0.2, 0.25) is 0 Å². The second kappa shape index (κ2) is 4.92. The van der Waals surface area contributed by atoms with E-state index in [0.29, 0.717) is 11.5 Å². The number of nitrogens with one attached hydrogen (secondary N) is 1. The Hall–Kier alpha value is -2.28. The monoisotopic (exact) mass is 261 g/mol. The Morgan fingerprint density at radius 2 is 2.22 bits per heavy atom. The zero-order chi connectivity index (χ0) is 13.1. The van der Waals surface area contributed by atoms with E-state index in [-0.39, 0.29) is 10.9 Å². The van der Waals surface area contributed by atoms with E-state index in [1.165, 1.54) is 0 Å². The van der Waals surface area contributed by atoms with Crippen LogP contribution < -0.4 is 11.1 Å². The third-order valence-corrected chi connectivity index (χ3v) is 2.53. The summed E-state index contributed by atoms with van der Waals surface area (Å²) in [6.07, 6.45) is 4.86. The summed E-state index contributed by atoms with van der Waals surface area (Å²) in [6.45, 7) is 0. The minimum atomic E-state index is -0.256. The summed E-state index contributed by atoms with van der Waals surface area (Å²) in [5, 5.41) is 2.51. The van der Waals surface area contributed by atoms with Crippen LogP contribution in [0.4, 0.5) is 0 Å². The first kappa shape index (κ1) is 12.2. The zero-order valence-corrected chi connectivity index (χ0v) is 10.4. The summed E-state index contributed by atoms with van der Waals surface area (Å²) < 4.78 is 1.70. The molecule has 18 heavy (non-hydrogen) atoms. The van der Waals surface area contributed by atoms with Crippen LogP contribution in [0.1, 0.15) is 16.3 Å². The van der Waals surface area contributed by atoms with Gasteiger partial charge in [-0.3, -0.25) is 14.3 Å². The molecule has 1 amide bonds. The molecule has 0 aliphatic carbocycles. The molecule has 92 valence electrons. The second-order valence-electron chi connectivity index (χ2n) is 3.46. The number of carbonyl (C=O) groups excluding carboxylic acids is 1. The highest BCUT2D eigenvalue weighted by Crippen LogP contribution is 2.11. The lowest BCUT2D eigenvalue weighted by atomic mass is 10.3. The summed E-state index contributed by atoms with van der Waals surface area (Å²) in [5.41, 5.74) is 6.62. The van der Waals surface area contributed by atoms with Gasteiger partial charge in [-0.05, 0) is 12.1 Å². The fourth-order valence-electron chi connectivity index (χ4n) is 1.52. The van der Waals surface area contributed by atoms with Crippen molar-refractivity contribution < 1.29 is 4.79 Å². The smallest absolute Gasteiger partial charge is 0.269 e. The highest BCUT2D eigenvalue weighted by molar-refractivity contribution is 7.80. The number of thiocarbonyl (C=S) groups is 1. The maximum absolute atomic E-state index is 11.5. The van der Waals surface area contributed by atoms with Crippen LogP contribution in [-0.2, 0) is 0 Å². The lowest BCUT2D eigenvalue weighted by Crippen LogP contribution is -2.20. The first-order chi connectivity index (χ1) is 8.63. The topological polar surface area (TPSA) is 85.8 Å². The lowest BCUT2D eigenvalue weighted by Gasteiger charge is -2.07. The summed E-state index contributed by atoms with van der Waals surface area (Å²) in [7, 11) is 1.55. The fourth-order valence-corrected chi connectivity index (χ4v) is 1.67. The standard InChI is InChI=1S/C11H11N5OS/c1-13-11(17)8-6-7(2-3-14-8)16-5-4-15-10(16)9(12)18/h2-6H,1H3,(H2,12,18)(H,13,17). The molecule has 2 heterocycles. The van der Waals surface area contributed by atoms with Crippen molar-refractivity contribution in [3.05, 3.63) is 42.2 Å². The Labute approximate surface area is 109 Å². The van der Waals surface area contributed by atoms with E-state index in [1.54, 1.807) is 42.3 Å². The largest absolute Gasteiger partial charge is 0.387 e. The Bertz CT molecular complexity index is 607. The van der Waals surface area contributed by atoms with Gasteiger partial charge < -0.3 is 11.1 Å². The van der Waals surface area contributed by atoms with Gasteiger partial charge in [0.25, 0.3) is 5.91 Å². The zero-order valence-electron chi connectivity index (χ0n) is 9.62. The molecule has 0 atom stereocenters. The number of pyridine rings is 1. The summed E-state index contributed by atoms with van der Waals surface area (Å²) in [5.74, 6) is 0.216. The third kappa shape index (κ3) is 2.21. The van der Waals surface area contributed by atoms with Gasteiger partial charge in [0, 0.05) is 25.6 Å². The molecule has 2 aromatic heterocycles. The fraction of sp³-hybridized carbons (Fsp3) is 0.0909. The summed E-state index contributed by atoms with van der Waals surface area (Å²) >= 11 is 4.91. The van der Waals surface area contributed by atoms with Crippen molar-refractivity contribution in [2.75, 3.05) is 7.05 Å². The molecule has 3 N–H and O–H groups in total. The van der Waals surface area contributed by atoms with Crippen molar-refractivity contribution in [2.45, 2.75) is 0 Å². The van der Waals surface area contributed by atoms with Crippen LogP contribution in [0.3, 0.4) is 0 Å². The molecule has 2 aromatic rings.